The Bertz CT molecular complexity index is 961. The monoisotopic (exact) mass is 372 g/mol. The number of aromatic nitrogens is 3. The maximum Gasteiger partial charge on any atom is 0.228 e. The molecule has 0 spiro atoms. The van der Waals surface area contributed by atoms with Crippen molar-refractivity contribution < 1.29 is 24.8 Å². The van der Waals surface area contributed by atoms with Crippen LogP contribution in [0, 0.1) is 0 Å². The summed E-state index contributed by atoms with van der Waals surface area (Å²) in [6.07, 6.45) is -2.57. The van der Waals surface area contributed by atoms with E-state index in [0.717, 1.165) is 11.1 Å². The van der Waals surface area contributed by atoms with E-state index in [1.54, 1.807) is 10.8 Å². The van der Waals surface area contributed by atoms with E-state index in [4.69, 9.17) is 15.2 Å². The van der Waals surface area contributed by atoms with Crippen LogP contribution in [0.4, 0.5) is 5.95 Å². The molecule has 27 heavy (non-hydrogen) atoms. The first kappa shape index (κ1) is 17.7. The molecule has 1 saturated heterocycles. The van der Waals surface area contributed by atoms with Crippen molar-refractivity contribution in [1.82, 2.24) is 14.5 Å². The molecule has 3 aromatic rings. The fourth-order valence-corrected chi connectivity index (χ4v) is 3.42. The molecular formula is C18H20N4O5. The number of aliphatic hydroxyl groups excluding tert-OH is 3. The van der Waals surface area contributed by atoms with Gasteiger partial charge in [0.1, 0.15) is 18.3 Å². The van der Waals surface area contributed by atoms with E-state index in [1.165, 1.54) is 7.11 Å². The van der Waals surface area contributed by atoms with Crippen LogP contribution < -0.4 is 10.5 Å². The zero-order valence-corrected chi connectivity index (χ0v) is 14.6. The number of fused-ring (bicyclic) bond motifs is 1. The number of nitrogens with zero attached hydrogens (tertiary/aromatic N) is 3. The van der Waals surface area contributed by atoms with Gasteiger partial charge in [0.25, 0.3) is 0 Å². The molecule has 3 heterocycles. The summed E-state index contributed by atoms with van der Waals surface area (Å²) in [7, 11) is 1.49. The molecule has 1 fully saturated rings. The Balaban J connectivity index is 1.96. The Labute approximate surface area is 154 Å². The second-order valence-electron chi connectivity index (χ2n) is 6.33. The Kier molecular flexibility index (Phi) is 4.44. The molecule has 0 amide bonds. The summed E-state index contributed by atoms with van der Waals surface area (Å²) in [5.41, 5.74) is 7.87. The van der Waals surface area contributed by atoms with Gasteiger partial charge >= 0.3 is 0 Å². The summed E-state index contributed by atoms with van der Waals surface area (Å²) in [5, 5.41) is 30.5. The Morgan fingerprint density at radius 2 is 1.93 bits per heavy atom. The lowest BCUT2D eigenvalue weighted by molar-refractivity contribution is -0.0508. The van der Waals surface area contributed by atoms with Gasteiger partial charge in [-0.1, -0.05) is 30.3 Å². The van der Waals surface area contributed by atoms with Crippen molar-refractivity contribution in [1.29, 1.82) is 0 Å². The SMILES string of the molecule is COc1nc(N)nc2c1c(-c1ccccc1)cn2[C@@H]1O[C@H](CO)[C@@H](O)[C@H]1O. The van der Waals surface area contributed by atoms with Gasteiger partial charge in [-0.2, -0.15) is 9.97 Å². The fraction of sp³-hybridized carbons (Fsp3) is 0.333. The minimum absolute atomic E-state index is 0.00468. The van der Waals surface area contributed by atoms with Crippen LogP contribution in [0.3, 0.4) is 0 Å². The lowest BCUT2D eigenvalue weighted by Crippen LogP contribution is -2.33. The molecule has 2 aromatic heterocycles. The first-order valence-electron chi connectivity index (χ1n) is 8.45. The first-order valence-corrected chi connectivity index (χ1v) is 8.45. The molecule has 0 aliphatic carbocycles. The number of hydrogen-bond acceptors (Lipinski definition) is 8. The van der Waals surface area contributed by atoms with Crippen LogP contribution in [-0.2, 0) is 4.74 Å². The van der Waals surface area contributed by atoms with Crippen molar-refractivity contribution in [2.75, 3.05) is 19.5 Å². The third kappa shape index (κ3) is 2.81. The van der Waals surface area contributed by atoms with Crippen LogP contribution in [0.2, 0.25) is 0 Å². The number of anilines is 1. The van der Waals surface area contributed by atoms with E-state index < -0.39 is 31.1 Å². The predicted molar refractivity (Wildman–Crippen MR) is 96.9 cm³/mol. The smallest absolute Gasteiger partial charge is 0.228 e. The van der Waals surface area contributed by atoms with E-state index in [0.29, 0.717) is 16.9 Å². The van der Waals surface area contributed by atoms with Gasteiger partial charge < -0.3 is 35.1 Å². The molecule has 0 saturated carbocycles. The number of rotatable bonds is 4. The quantitative estimate of drug-likeness (QED) is 0.513. The lowest BCUT2D eigenvalue weighted by atomic mass is 10.1. The van der Waals surface area contributed by atoms with E-state index in [1.807, 2.05) is 30.3 Å². The molecular weight excluding hydrogens is 352 g/mol. The highest BCUT2D eigenvalue weighted by Crippen LogP contribution is 2.40. The fourth-order valence-electron chi connectivity index (χ4n) is 3.42. The highest BCUT2D eigenvalue weighted by Gasteiger charge is 2.44. The van der Waals surface area contributed by atoms with Gasteiger partial charge in [0, 0.05) is 11.8 Å². The van der Waals surface area contributed by atoms with Crippen molar-refractivity contribution in [2.45, 2.75) is 24.5 Å². The van der Waals surface area contributed by atoms with Crippen LogP contribution >= 0.6 is 0 Å². The molecule has 9 nitrogen and oxygen atoms in total. The van der Waals surface area contributed by atoms with E-state index in [-0.39, 0.29) is 5.95 Å². The predicted octanol–water partition coefficient (Wildman–Crippen LogP) is 0.301. The largest absolute Gasteiger partial charge is 0.480 e. The Morgan fingerprint density at radius 3 is 2.56 bits per heavy atom. The van der Waals surface area contributed by atoms with E-state index in [2.05, 4.69) is 9.97 Å². The first-order chi connectivity index (χ1) is 13.0. The summed E-state index contributed by atoms with van der Waals surface area (Å²) < 4.78 is 12.6. The average molecular weight is 372 g/mol. The van der Waals surface area contributed by atoms with Gasteiger partial charge in [-0.3, -0.25) is 0 Å². The van der Waals surface area contributed by atoms with Crippen LogP contribution in [0.1, 0.15) is 6.23 Å². The number of aliphatic hydroxyl groups is 3. The molecule has 0 radical (unpaired) electrons. The lowest BCUT2D eigenvalue weighted by Gasteiger charge is -2.17. The standard InChI is InChI=1S/C18H20N4O5/c1-26-16-12-10(9-5-3-2-4-6-9)7-22(15(12)20-18(19)21-16)17-14(25)13(24)11(8-23)27-17/h2-7,11,13-14,17,23-25H,8H2,1H3,(H2,19,20,21)/t11-,13-,14-,17-/m1/s1. The zero-order valence-electron chi connectivity index (χ0n) is 14.6. The van der Waals surface area contributed by atoms with Gasteiger partial charge in [0.15, 0.2) is 11.9 Å². The van der Waals surface area contributed by atoms with Crippen molar-refractivity contribution in [3.8, 4) is 17.0 Å². The summed E-state index contributed by atoms with van der Waals surface area (Å²) in [6.45, 7) is -0.417. The second-order valence-corrected chi connectivity index (χ2v) is 6.33. The van der Waals surface area contributed by atoms with Crippen LogP contribution in [-0.4, -0.2) is 61.9 Å². The third-order valence-corrected chi connectivity index (χ3v) is 4.73. The summed E-state index contributed by atoms with van der Waals surface area (Å²) in [6, 6.07) is 9.55. The number of nitrogen functional groups attached to an aromatic ring is 1. The number of ether oxygens (including phenoxy) is 2. The van der Waals surface area contributed by atoms with Gasteiger partial charge in [-0.05, 0) is 5.56 Å². The van der Waals surface area contributed by atoms with Crippen molar-refractivity contribution in [3.63, 3.8) is 0 Å². The molecule has 1 aliphatic heterocycles. The summed E-state index contributed by atoms with van der Waals surface area (Å²) >= 11 is 0. The molecule has 0 unspecified atom stereocenters. The van der Waals surface area contributed by atoms with Crippen LogP contribution in [0.25, 0.3) is 22.2 Å². The summed E-state index contributed by atoms with van der Waals surface area (Å²) in [5.74, 6) is 0.298. The number of benzene rings is 1. The number of methoxy groups -OCH3 is 1. The highest BCUT2D eigenvalue weighted by molar-refractivity contribution is 5.98. The Morgan fingerprint density at radius 1 is 1.19 bits per heavy atom. The molecule has 1 aliphatic rings. The number of nitrogens with two attached hydrogens (primary N) is 1. The maximum atomic E-state index is 10.4. The van der Waals surface area contributed by atoms with Gasteiger partial charge in [-0.25, -0.2) is 0 Å². The maximum absolute atomic E-state index is 10.4. The average Bonchev–Trinajstić information content (AvgIpc) is 3.20. The molecule has 4 rings (SSSR count). The van der Waals surface area contributed by atoms with Crippen molar-refractivity contribution >= 4 is 17.0 Å². The number of hydrogen-bond donors (Lipinski definition) is 4. The normalized spacial score (nSPS) is 25.2. The molecule has 0 bridgehead atoms. The molecule has 1 aromatic carbocycles. The highest BCUT2D eigenvalue weighted by atomic mass is 16.6. The van der Waals surface area contributed by atoms with E-state index in [9.17, 15) is 15.3 Å². The van der Waals surface area contributed by atoms with E-state index >= 15 is 0 Å². The van der Waals surface area contributed by atoms with Gasteiger partial charge in [0.05, 0.1) is 19.1 Å². The van der Waals surface area contributed by atoms with Crippen LogP contribution in [0.15, 0.2) is 36.5 Å². The van der Waals surface area contributed by atoms with Crippen molar-refractivity contribution in [2.24, 2.45) is 0 Å². The minimum Gasteiger partial charge on any atom is -0.480 e. The molecule has 142 valence electrons. The van der Waals surface area contributed by atoms with Crippen molar-refractivity contribution in [3.05, 3.63) is 36.5 Å². The molecule has 4 atom stereocenters. The minimum atomic E-state index is -1.25. The second kappa shape index (κ2) is 6.78. The Hall–Kier alpha value is -2.72. The summed E-state index contributed by atoms with van der Waals surface area (Å²) in [4.78, 5) is 8.45. The van der Waals surface area contributed by atoms with Crippen LogP contribution in [0.5, 0.6) is 5.88 Å². The molecule has 5 N–H and O–H groups in total. The topological polar surface area (TPSA) is 136 Å². The zero-order chi connectivity index (χ0) is 19.1. The molecule has 9 heteroatoms. The van der Waals surface area contributed by atoms with Gasteiger partial charge in [-0.15, -0.1) is 0 Å². The van der Waals surface area contributed by atoms with Gasteiger partial charge in [0.2, 0.25) is 11.8 Å². The third-order valence-electron chi connectivity index (χ3n) is 4.73.